The molecule has 0 aromatic heterocycles. The Morgan fingerprint density at radius 1 is 1.33 bits per heavy atom. The summed E-state index contributed by atoms with van der Waals surface area (Å²) in [4.78, 5) is 0. The third-order valence-electron chi connectivity index (χ3n) is 1.28. The van der Waals surface area contributed by atoms with Crippen LogP contribution in [0.5, 0.6) is 0 Å². The molecule has 0 saturated heterocycles. The summed E-state index contributed by atoms with van der Waals surface area (Å²) in [5.41, 5.74) is 0. The third kappa shape index (κ3) is 3.21. The zero-order valence-corrected chi connectivity index (χ0v) is 8.03. The summed E-state index contributed by atoms with van der Waals surface area (Å²) >= 11 is 3.33. The lowest BCUT2D eigenvalue weighted by molar-refractivity contribution is 0.0280. The Kier molecular flexibility index (Phi) is 3.17. The van der Waals surface area contributed by atoms with Gasteiger partial charge in [-0.2, -0.15) is 0 Å². The van der Waals surface area contributed by atoms with E-state index in [0.29, 0.717) is 0 Å². The molecule has 0 bridgehead atoms. The quantitative estimate of drug-likeness (QED) is 0.602. The van der Waals surface area contributed by atoms with Crippen LogP contribution in [0.4, 0.5) is 0 Å². The fraction of sp³-hybridized carbons (Fsp3) is 1.00. The van der Waals surface area contributed by atoms with Gasteiger partial charge in [0.1, 0.15) is 6.10 Å². The van der Waals surface area contributed by atoms with Crippen LogP contribution in [0.15, 0.2) is 0 Å². The van der Waals surface area contributed by atoms with Gasteiger partial charge in [0.25, 0.3) is 0 Å². The molecule has 2 heteroatoms. The Morgan fingerprint density at radius 2 is 1.67 bits per heavy atom. The molecule has 9 heavy (non-hydrogen) atoms. The highest BCUT2D eigenvalue weighted by atomic mass is 79.9. The highest BCUT2D eigenvalue weighted by Crippen LogP contribution is 2.25. The summed E-state index contributed by atoms with van der Waals surface area (Å²) in [5, 5.41) is 11.2. The lowest BCUT2D eigenvalue weighted by atomic mass is 9.97. The average Bonchev–Trinajstić information content (AvgIpc) is 1.62. The van der Waals surface area contributed by atoms with Crippen molar-refractivity contribution < 1.29 is 5.11 Å². The molecule has 0 fully saturated rings. The van der Waals surface area contributed by atoms with Gasteiger partial charge in [0.05, 0.1) is 0 Å². The van der Waals surface area contributed by atoms with E-state index in [2.05, 4.69) is 15.9 Å². The monoisotopic (exact) mass is 193 g/mol. The molecule has 0 N–H and O–H groups in total. The van der Waals surface area contributed by atoms with Gasteiger partial charge in [-0.3, -0.25) is 0 Å². The van der Waals surface area contributed by atoms with Gasteiger partial charge in [0.15, 0.2) is 0 Å². The molecule has 0 heterocycles. The van der Waals surface area contributed by atoms with E-state index in [1.165, 1.54) is 0 Å². The van der Waals surface area contributed by atoms with Crippen molar-refractivity contribution in [3.8, 4) is 0 Å². The van der Waals surface area contributed by atoms with Crippen LogP contribution >= 0.6 is 15.9 Å². The van der Waals surface area contributed by atoms with Gasteiger partial charge in [-0.25, -0.2) is 5.11 Å². The summed E-state index contributed by atoms with van der Waals surface area (Å²) in [6, 6.07) is 0. The Bertz CT molecular complexity index is 83.4. The van der Waals surface area contributed by atoms with E-state index in [0.717, 1.165) is 0 Å². The maximum Gasteiger partial charge on any atom is 0.110 e. The van der Waals surface area contributed by atoms with E-state index >= 15 is 0 Å². The maximum absolute atomic E-state index is 11.2. The molecule has 0 amide bonds. The second-order valence-electron chi connectivity index (χ2n) is 3.23. The lowest BCUT2D eigenvalue weighted by Gasteiger charge is -2.24. The maximum atomic E-state index is 11.2. The van der Waals surface area contributed by atoms with Crippen molar-refractivity contribution in [1.29, 1.82) is 0 Å². The van der Waals surface area contributed by atoms with Crippen molar-refractivity contribution in [2.75, 3.05) is 0 Å². The molecule has 0 rings (SSSR count). The normalized spacial score (nSPS) is 16.3. The van der Waals surface area contributed by atoms with Crippen molar-refractivity contribution in [3.63, 3.8) is 0 Å². The highest BCUT2D eigenvalue weighted by Gasteiger charge is 2.28. The molecule has 0 aliphatic carbocycles. The van der Waals surface area contributed by atoms with Gasteiger partial charge < -0.3 is 0 Å². The average molecular weight is 194 g/mol. The molecule has 1 atom stereocenters. The van der Waals surface area contributed by atoms with Crippen molar-refractivity contribution >= 4 is 15.9 Å². The molecule has 0 aromatic rings. The lowest BCUT2D eigenvalue weighted by Crippen LogP contribution is -2.32. The highest BCUT2D eigenvalue weighted by molar-refractivity contribution is 9.10. The summed E-state index contributed by atoms with van der Waals surface area (Å²) in [5.74, 6) is 0.208. The summed E-state index contributed by atoms with van der Waals surface area (Å²) in [6.07, 6.45) is -0.516. The van der Waals surface area contributed by atoms with Crippen molar-refractivity contribution in [2.45, 2.75) is 38.1 Å². The predicted octanol–water partition coefficient (Wildman–Crippen LogP) is 2.62. The second kappa shape index (κ2) is 3.02. The van der Waals surface area contributed by atoms with Crippen LogP contribution < -0.4 is 0 Å². The van der Waals surface area contributed by atoms with Crippen molar-refractivity contribution in [2.24, 2.45) is 5.92 Å². The summed E-state index contributed by atoms with van der Waals surface area (Å²) < 4.78 is -0.263. The van der Waals surface area contributed by atoms with Gasteiger partial charge in [0, 0.05) is 4.32 Å². The van der Waals surface area contributed by atoms with E-state index in [1.54, 1.807) is 0 Å². The topological polar surface area (TPSA) is 19.9 Å². The summed E-state index contributed by atoms with van der Waals surface area (Å²) in [7, 11) is 0. The van der Waals surface area contributed by atoms with Gasteiger partial charge in [-0.05, 0) is 19.8 Å². The van der Waals surface area contributed by atoms with Crippen LogP contribution in [-0.4, -0.2) is 10.4 Å². The van der Waals surface area contributed by atoms with E-state index in [1.807, 2.05) is 27.7 Å². The van der Waals surface area contributed by atoms with Gasteiger partial charge in [-0.15, -0.1) is 0 Å². The molecule has 0 aliphatic heterocycles. The molecular weight excluding hydrogens is 180 g/mol. The third-order valence-corrected chi connectivity index (χ3v) is 1.73. The van der Waals surface area contributed by atoms with Crippen LogP contribution in [0.2, 0.25) is 0 Å². The SMILES string of the molecule is CC(C)C([O])C(C)(C)Br. The van der Waals surface area contributed by atoms with Crippen molar-refractivity contribution in [1.82, 2.24) is 0 Å². The molecule has 1 radical (unpaired) electrons. The molecule has 0 spiro atoms. The van der Waals surface area contributed by atoms with Crippen LogP contribution in [0.25, 0.3) is 0 Å². The molecule has 1 unspecified atom stereocenters. The van der Waals surface area contributed by atoms with Gasteiger partial charge in [0.2, 0.25) is 0 Å². The summed E-state index contributed by atoms with van der Waals surface area (Å²) in [6.45, 7) is 7.71. The first-order valence-corrected chi connectivity index (χ1v) is 3.99. The number of hydrogen-bond donors (Lipinski definition) is 0. The van der Waals surface area contributed by atoms with Crippen LogP contribution in [0.3, 0.4) is 0 Å². The minimum absolute atomic E-state index is 0.208. The minimum atomic E-state index is -0.516. The van der Waals surface area contributed by atoms with Gasteiger partial charge in [-0.1, -0.05) is 29.8 Å². The Morgan fingerprint density at radius 3 is 1.67 bits per heavy atom. The van der Waals surface area contributed by atoms with E-state index in [4.69, 9.17) is 0 Å². The molecule has 0 saturated carbocycles. The zero-order valence-electron chi connectivity index (χ0n) is 6.44. The Balaban J connectivity index is 3.88. The van der Waals surface area contributed by atoms with E-state index < -0.39 is 6.10 Å². The van der Waals surface area contributed by atoms with Crippen LogP contribution in [0, 0.1) is 5.92 Å². The fourth-order valence-corrected chi connectivity index (χ4v) is 1.32. The number of halogens is 1. The molecule has 55 valence electrons. The second-order valence-corrected chi connectivity index (χ2v) is 5.27. The first-order valence-electron chi connectivity index (χ1n) is 3.20. The Labute approximate surface area is 65.6 Å². The molecular formula is C7H14BrO. The molecule has 0 aliphatic rings. The first kappa shape index (κ1) is 9.44. The predicted molar refractivity (Wildman–Crippen MR) is 42.3 cm³/mol. The fourth-order valence-electron chi connectivity index (χ4n) is 0.793. The molecule has 1 nitrogen and oxygen atoms in total. The van der Waals surface area contributed by atoms with E-state index in [-0.39, 0.29) is 10.2 Å². The standard InChI is InChI=1S/C7H14BrO/c1-5(2)6(9)7(3,4)8/h5-6H,1-4H3. The smallest absolute Gasteiger partial charge is 0.110 e. The Hall–Kier alpha value is 0.440. The van der Waals surface area contributed by atoms with E-state index in [9.17, 15) is 5.11 Å². The van der Waals surface area contributed by atoms with Crippen molar-refractivity contribution in [3.05, 3.63) is 0 Å². The van der Waals surface area contributed by atoms with Crippen LogP contribution in [0.1, 0.15) is 27.7 Å². The largest absolute Gasteiger partial charge is 0.231 e. The van der Waals surface area contributed by atoms with Crippen LogP contribution in [-0.2, 0) is 5.11 Å². The number of alkyl halides is 1. The van der Waals surface area contributed by atoms with Gasteiger partial charge >= 0.3 is 0 Å². The molecule has 0 aromatic carbocycles. The number of hydrogen-bond acceptors (Lipinski definition) is 0. The first-order chi connectivity index (χ1) is 3.85. The minimum Gasteiger partial charge on any atom is -0.231 e. The number of rotatable bonds is 2. The zero-order chi connectivity index (χ0) is 7.65.